The van der Waals surface area contributed by atoms with Crippen LogP contribution in [0.2, 0.25) is 0 Å². The largest absolute Gasteiger partial charge is 0.497 e. The number of piperidine rings is 3. The molecule has 7 heteroatoms. The fraction of sp³-hybridized carbons (Fsp3) is 0.444. The quantitative estimate of drug-likeness (QED) is 0.491. The van der Waals surface area contributed by atoms with Crippen molar-refractivity contribution < 1.29 is 23.0 Å². The molecule has 180 valence electrons. The number of rotatable bonds is 5. The fourth-order valence-electron chi connectivity index (χ4n) is 5.87. The van der Waals surface area contributed by atoms with Crippen LogP contribution >= 0.6 is 0 Å². The molecule has 3 aliphatic rings. The predicted octanol–water partition coefficient (Wildman–Crippen LogP) is 6.08. The number of hydrogen-bond donors (Lipinski definition) is 1. The second-order valence-electron chi connectivity index (χ2n) is 9.48. The fourth-order valence-corrected chi connectivity index (χ4v) is 5.87. The van der Waals surface area contributed by atoms with Crippen molar-refractivity contribution in [3.05, 3.63) is 59.7 Å². The van der Waals surface area contributed by atoms with Crippen LogP contribution in [0.3, 0.4) is 0 Å². The van der Waals surface area contributed by atoms with Gasteiger partial charge in [-0.2, -0.15) is 13.2 Å². The number of ether oxygens (including phenoxy) is 1. The lowest BCUT2D eigenvalue weighted by Crippen LogP contribution is -2.55. The van der Waals surface area contributed by atoms with Crippen LogP contribution in [0, 0.1) is 11.8 Å². The Morgan fingerprint density at radius 3 is 2.65 bits per heavy atom. The molecule has 4 heterocycles. The maximum Gasteiger partial charge on any atom is 0.417 e. The summed E-state index contributed by atoms with van der Waals surface area (Å²) in [5.41, 5.74) is 0.620. The molecule has 3 aromatic rings. The van der Waals surface area contributed by atoms with E-state index in [-0.39, 0.29) is 17.3 Å². The van der Waals surface area contributed by atoms with Crippen molar-refractivity contribution in [1.29, 1.82) is 0 Å². The summed E-state index contributed by atoms with van der Waals surface area (Å²) >= 11 is 0. The maximum absolute atomic E-state index is 13.8. The molecule has 0 spiro atoms. The number of aromatic nitrogens is 1. The van der Waals surface area contributed by atoms with Gasteiger partial charge in [0.05, 0.1) is 30.0 Å². The highest BCUT2D eigenvalue weighted by molar-refractivity contribution is 5.87. The lowest BCUT2D eigenvalue weighted by atomic mass is 9.72. The highest BCUT2D eigenvalue weighted by atomic mass is 19.4. The van der Waals surface area contributed by atoms with E-state index in [4.69, 9.17) is 4.74 Å². The number of benzene rings is 2. The van der Waals surface area contributed by atoms with E-state index < -0.39 is 17.8 Å². The average molecular weight is 471 g/mol. The van der Waals surface area contributed by atoms with E-state index in [0.717, 1.165) is 38.4 Å². The molecule has 3 fully saturated rings. The molecule has 0 amide bonds. The van der Waals surface area contributed by atoms with Crippen LogP contribution < -0.4 is 4.74 Å². The number of pyridine rings is 1. The summed E-state index contributed by atoms with van der Waals surface area (Å²) in [5.74, 6) is 1.83. The minimum Gasteiger partial charge on any atom is -0.497 e. The summed E-state index contributed by atoms with van der Waals surface area (Å²) in [6, 6.07) is 12.3. The van der Waals surface area contributed by atoms with Gasteiger partial charge in [-0.05, 0) is 67.1 Å². The summed E-state index contributed by atoms with van der Waals surface area (Å²) in [7, 11) is 1.56. The third-order valence-corrected chi connectivity index (χ3v) is 7.70. The zero-order chi connectivity index (χ0) is 24.0. The smallest absolute Gasteiger partial charge is 0.417 e. The first kappa shape index (κ1) is 23.1. The molecule has 0 aliphatic carbocycles. The zero-order valence-electron chi connectivity index (χ0n) is 19.3. The number of hydrogen-bond acceptors (Lipinski definition) is 4. The topological polar surface area (TPSA) is 45.6 Å². The summed E-state index contributed by atoms with van der Waals surface area (Å²) < 4.78 is 46.7. The first-order valence-corrected chi connectivity index (χ1v) is 11.9. The van der Waals surface area contributed by atoms with Crippen LogP contribution in [0.25, 0.3) is 22.2 Å². The van der Waals surface area contributed by atoms with Crippen molar-refractivity contribution in [3.8, 4) is 17.0 Å². The van der Waals surface area contributed by atoms with Gasteiger partial charge in [0, 0.05) is 23.5 Å². The Bertz CT molecular complexity index is 1200. The van der Waals surface area contributed by atoms with Crippen molar-refractivity contribution in [2.45, 2.75) is 44.5 Å². The first-order valence-electron chi connectivity index (χ1n) is 11.9. The molecule has 1 aromatic heterocycles. The molecule has 34 heavy (non-hydrogen) atoms. The van der Waals surface area contributed by atoms with Crippen LogP contribution in [0.15, 0.2) is 48.5 Å². The van der Waals surface area contributed by atoms with Crippen LogP contribution in [-0.4, -0.2) is 41.2 Å². The normalized spacial score (nSPS) is 25.5. The standard InChI is InChI=1S/C27H29F3N2O2/c1-3-16-15-32-11-10-17(16)12-25(32)26(33)21-14-24(19-6-4-5-7-22(19)27(28,29)30)31-23-9-8-18(34-2)13-20(21)23/h4-9,13-14,16-17,25-26,33H,3,10-12,15H2,1-2H3/t16-,17+,25-,26+/m0/s1. The van der Waals surface area contributed by atoms with Crippen LogP contribution in [0.4, 0.5) is 13.2 Å². The minimum atomic E-state index is -4.50. The molecule has 2 aromatic carbocycles. The van der Waals surface area contributed by atoms with Gasteiger partial charge >= 0.3 is 6.18 Å². The van der Waals surface area contributed by atoms with Crippen LogP contribution in [0.5, 0.6) is 5.75 Å². The minimum absolute atomic E-state index is 0.0117. The molecule has 3 aliphatic heterocycles. The summed E-state index contributed by atoms with van der Waals surface area (Å²) in [4.78, 5) is 6.93. The van der Waals surface area contributed by atoms with Gasteiger partial charge in [-0.1, -0.05) is 31.5 Å². The molecule has 2 bridgehead atoms. The van der Waals surface area contributed by atoms with Gasteiger partial charge in [0.15, 0.2) is 0 Å². The highest BCUT2D eigenvalue weighted by Crippen LogP contribution is 2.44. The Morgan fingerprint density at radius 2 is 1.97 bits per heavy atom. The van der Waals surface area contributed by atoms with Gasteiger partial charge in [0.25, 0.3) is 0 Å². The van der Waals surface area contributed by atoms with Gasteiger partial charge < -0.3 is 9.84 Å². The van der Waals surface area contributed by atoms with Gasteiger partial charge in [-0.25, -0.2) is 4.98 Å². The number of aliphatic hydroxyl groups is 1. The second kappa shape index (κ2) is 8.86. The monoisotopic (exact) mass is 470 g/mol. The van der Waals surface area contributed by atoms with Crippen LogP contribution in [-0.2, 0) is 6.18 Å². The van der Waals surface area contributed by atoms with E-state index in [9.17, 15) is 18.3 Å². The van der Waals surface area contributed by atoms with E-state index in [1.165, 1.54) is 12.1 Å². The number of aliphatic hydroxyl groups excluding tert-OH is 1. The van der Waals surface area contributed by atoms with Gasteiger partial charge in [0.2, 0.25) is 0 Å². The summed E-state index contributed by atoms with van der Waals surface area (Å²) in [5, 5.41) is 12.4. The Labute approximate surface area is 197 Å². The molecule has 0 saturated carbocycles. The maximum atomic E-state index is 13.8. The molecular weight excluding hydrogens is 441 g/mol. The average Bonchev–Trinajstić information content (AvgIpc) is 2.86. The molecule has 4 nitrogen and oxygen atoms in total. The molecule has 6 rings (SSSR count). The second-order valence-corrected chi connectivity index (χ2v) is 9.48. The number of halogens is 3. The van der Waals surface area contributed by atoms with E-state index in [1.54, 1.807) is 31.4 Å². The molecule has 5 atom stereocenters. The van der Waals surface area contributed by atoms with E-state index in [0.29, 0.717) is 34.1 Å². The summed E-state index contributed by atoms with van der Waals surface area (Å²) in [6.07, 6.45) is -2.19. The molecule has 0 radical (unpaired) electrons. The van der Waals surface area contributed by atoms with Crippen LogP contribution in [0.1, 0.15) is 43.4 Å². The lowest BCUT2D eigenvalue weighted by Gasteiger charge is -2.51. The number of nitrogens with zero attached hydrogens (tertiary/aromatic N) is 2. The van der Waals surface area contributed by atoms with Gasteiger partial charge in [-0.15, -0.1) is 0 Å². The van der Waals surface area contributed by atoms with Crippen molar-refractivity contribution >= 4 is 10.9 Å². The number of fused-ring (bicyclic) bond motifs is 4. The molecule has 3 saturated heterocycles. The first-order chi connectivity index (χ1) is 16.3. The van der Waals surface area contributed by atoms with Crippen molar-refractivity contribution in [2.24, 2.45) is 11.8 Å². The number of alkyl halides is 3. The third kappa shape index (κ3) is 4.05. The van der Waals surface area contributed by atoms with Crippen molar-refractivity contribution in [3.63, 3.8) is 0 Å². The van der Waals surface area contributed by atoms with Crippen molar-refractivity contribution in [2.75, 3.05) is 20.2 Å². The lowest BCUT2D eigenvalue weighted by molar-refractivity contribution is -0.137. The van der Waals surface area contributed by atoms with E-state index in [1.807, 2.05) is 6.07 Å². The Kier molecular flexibility index (Phi) is 6.02. The van der Waals surface area contributed by atoms with E-state index in [2.05, 4.69) is 16.8 Å². The Morgan fingerprint density at radius 1 is 1.18 bits per heavy atom. The third-order valence-electron chi connectivity index (χ3n) is 7.70. The molecule has 1 unspecified atom stereocenters. The van der Waals surface area contributed by atoms with Crippen molar-refractivity contribution in [1.82, 2.24) is 9.88 Å². The highest BCUT2D eigenvalue weighted by Gasteiger charge is 2.43. The Hall–Kier alpha value is -2.64. The predicted molar refractivity (Wildman–Crippen MR) is 126 cm³/mol. The Balaban J connectivity index is 1.64. The van der Waals surface area contributed by atoms with Gasteiger partial charge in [-0.3, -0.25) is 4.90 Å². The SMILES string of the molecule is CC[C@H]1CN2CC[C@@H]1C[C@H]2[C@H](O)c1cc(-c2ccccc2C(F)(F)F)nc2ccc(OC)cc12. The van der Waals surface area contributed by atoms with E-state index >= 15 is 0 Å². The molecular formula is C27H29F3N2O2. The zero-order valence-corrected chi connectivity index (χ0v) is 19.3. The molecule has 1 N–H and O–H groups in total. The number of methoxy groups -OCH3 is 1. The van der Waals surface area contributed by atoms with Gasteiger partial charge in [0.1, 0.15) is 5.75 Å². The summed E-state index contributed by atoms with van der Waals surface area (Å²) in [6.45, 7) is 4.11.